The Morgan fingerprint density at radius 3 is 1.95 bits per heavy atom. The van der Waals surface area contributed by atoms with Gasteiger partial charge in [-0.05, 0) is 35.5 Å². The van der Waals surface area contributed by atoms with Crippen LogP contribution in [0.4, 0.5) is 11.4 Å². The molecule has 0 fully saturated rings. The lowest BCUT2D eigenvalue weighted by molar-refractivity contribution is -0.387. The lowest BCUT2D eigenvalue weighted by atomic mass is 10.0. The van der Waals surface area contributed by atoms with Crippen molar-refractivity contribution >= 4 is 35.0 Å². The zero-order chi connectivity index (χ0) is 30.3. The molecule has 43 heavy (non-hydrogen) atoms. The smallest absolute Gasteiger partial charge is 0.283 e. The minimum Gasteiger partial charge on any atom is -0.288 e. The summed E-state index contributed by atoms with van der Waals surface area (Å²) < 4.78 is 0. The van der Waals surface area contributed by atoms with E-state index in [1.54, 1.807) is 6.07 Å². The number of hydrogen-bond donors (Lipinski definition) is 0. The topological polar surface area (TPSA) is 153 Å². The van der Waals surface area contributed by atoms with Gasteiger partial charge in [0.1, 0.15) is 11.6 Å². The molecule has 0 saturated heterocycles. The van der Waals surface area contributed by atoms with Gasteiger partial charge in [0, 0.05) is 34.9 Å². The number of hydrogen-bond acceptors (Lipinski definition) is 9. The van der Waals surface area contributed by atoms with Crippen molar-refractivity contribution in [3.05, 3.63) is 146 Å². The number of non-ortho nitro benzene ring substituents is 1. The zero-order valence-electron chi connectivity index (χ0n) is 22.2. The van der Waals surface area contributed by atoms with Gasteiger partial charge in [-0.3, -0.25) is 25.0 Å². The van der Waals surface area contributed by atoms with E-state index in [4.69, 9.17) is 0 Å². The molecule has 0 atom stereocenters. The highest BCUT2D eigenvalue weighted by atomic mass is 32.2. The number of nitriles is 1. The van der Waals surface area contributed by atoms with Crippen LogP contribution in [0.2, 0.25) is 0 Å². The lowest BCUT2D eigenvalue weighted by Crippen LogP contribution is -2.03. The third kappa shape index (κ3) is 6.67. The van der Waals surface area contributed by atoms with E-state index in [-0.39, 0.29) is 33.0 Å². The van der Waals surface area contributed by atoms with Crippen molar-refractivity contribution in [1.82, 2.24) is 9.97 Å². The second kappa shape index (κ2) is 12.7. The van der Waals surface area contributed by atoms with Crippen LogP contribution < -0.4 is 0 Å². The van der Waals surface area contributed by atoms with Gasteiger partial charge in [0.15, 0.2) is 5.16 Å². The highest BCUT2D eigenvalue weighted by molar-refractivity contribution is 7.99. The Morgan fingerprint density at radius 2 is 1.40 bits per heavy atom. The van der Waals surface area contributed by atoms with Crippen LogP contribution in [-0.4, -0.2) is 25.6 Å². The Labute approximate surface area is 249 Å². The highest BCUT2D eigenvalue weighted by Gasteiger charge is 2.20. The highest BCUT2D eigenvalue weighted by Crippen LogP contribution is 2.36. The summed E-state index contributed by atoms with van der Waals surface area (Å²) in [4.78, 5) is 44.5. The van der Waals surface area contributed by atoms with Crippen LogP contribution in [0.1, 0.15) is 15.9 Å². The number of Topliss-reactive ketones (excluding diaryl/α,β-unsaturated/α-hetero) is 1. The van der Waals surface area contributed by atoms with E-state index >= 15 is 0 Å². The van der Waals surface area contributed by atoms with Gasteiger partial charge in [-0.1, -0.05) is 78.9 Å². The van der Waals surface area contributed by atoms with Crippen molar-refractivity contribution in [2.75, 3.05) is 0 Å². The fourth-order valence-electron chi connectivity index (χ4n) is 4.17. The molecular formula is C32H19N5O5S. The van der Waals surface area contributed by atoms with Crippen molar-refractivity contribution in [3.8, 4) is 28.6 Å². The molecule has 5 aromatic rings. The molecular weight excluding hydrogens is 566 g/mol. The molecule has 0 bridgehead atoms. The maximum Gasteiger partial charge on any atom is 0.283 e. The summed E-state index contributed by atoms with van der Waals surface area (Å²) in [6, 6.07) is 32.0. The van der Waals surface area contributed by atoms with Crippen LogP contribution in [0.3, 0.4) is 0 Å². The minimum atomic E-state index is -0.744. The van der Waals surface area contributed by atoms with Gasteiger partial charge in [0.05, 0.1) is 26.1 Å². The average Bonchev–Trinajstić information content (AvgIpc) is 3.04. The van der Waals surface area contributed by atoms with E-state index in [2.05, 4.69) is 9.97 Å². The molecule has 0 spiro atoms. The van der Waals surface area contributed by atoms with Gasteiger partial charge in [0.25, 0.3) is 11.4 Å². The molecule has 0 saturated carbocycles. The molecule has 5 rings (SSSR count). The molecule has 1 aromatic heterocycles. The summed E-state index contributed by atoms with van der Waals surface area (Å²) in [6.45, 7) is 0. The van der Waals surface area contributed by atoms with Crippen LogP contribution >= 0.6 is 11.8 Å². The number of carbonyl (C=O) groups is 1. The first-order chi connectivity index (χ1) is 20.8. The fraction of sp³-hybridized carbons (Fsp3) is 0. The van der Waals surface area contributed by atoms with Gasteiger partial charge in [-0.15, -0.1) is 0 Å². The van der Waals surface area contributed by atoms with E-state index in [1.165, 1.54) is 42.5 Å². The molecule has 208 valence electrons. The zero-order valence-corrected chi connectivity index (χ0v) is 23.0. The van der Waals surface area contributed by atoms with Crippen LogP contribution in [0.25, 0.3) is 28.6 Å². The van der Waals surface area contributed by atoms with Gasteiger partial charge in [0.2, 0.25) is 5.78 Å². The van der Waals surface area contributed by atoms with E-state index in [0.29, 0.717) is 16.5 Å². The molecule has 0 unspecified atom stereocenters. The number of aromatic nitrogens is 2. The molecule has 11 heteroatoms. The Hall–Kier alpha value is -5.99. The Morgan fingerprint density at radius 1 is 0.767 bits per heavy atom. The summed E-state index contributed by atoms with van der Waals surface area (Å²) in [5, 5.41) is 33.1. The Bertz CT molecular complexity index is 1880. The molecule has 0 radical (unpaired) electrons. The van der Waals surface area contributed by atoms with E-state index < -0.39 is 15.6 Å². The third-order valence-electron chi connectivity index (χ3n) is 6.22. The van der Waals surface area contributed by atoms with Gasteiger partial charge < -0.3 is 0 Å². The number of ketones is 1. The first-order valence-electron chi connectivity index (χ1n) is 12.7. The predicted octanol–water partition coefficient (Wildman–Crippen LogP) is 7.57. The van der Waals surface area contributed by atoms with Crippen molar-refractivity contribution in [3.63, 3.8) is 0 Å². The molecule has 0 amide bonds. The molecule has 0 aliphatic heterocycles. The summed E-state index contributed by atoms with van der Waals surface area (Å²) in [6.07, 6.45) is 1.21. The van der Waals surface area contributed by atoms with Crippen LogP contribution in [0, 0.1) is 31.6 Å². The molecule has 1 heterocycles. The van der Waals surface area contributed by atoms with Crippen LogP contribution in [0.5, 0.6) is 0 Å². The molecule has 4 aromatic carbocycles. The van der Waals surface area contributed by atoms with Gasteiger partial charge in [-0.2, -0.15) is 5.26 Å². The van der Waals surface area contributed by atoms with E-state index in [1.807, 2.05) is 66.7 Å². The Kier molecular flexibility index (Phi) is 8.41. The number of carbonyl (C=O) groups excluding carboxylic acids is 1. The summed E-state index contributed by atoms with van der Waals surface area (Å²) in [5.41, 5.74) is 2.30. The van der Waals surface area contributed by atoms with Crippen molar-refractivity contribution in [2.24, 2.45) is 0 Å². The Balaban J connectivity index is 1.51. The van der Waals surface area contributed by atoms with Crippen molar-refractivity contribution in [2.45, 2.75) is 10.1 Å². The van der Waals surface area contributed by atoms with Crippen LogP contribution in [0.15, 0.2) is 125 Å². The maximum absolute atomic E-state index is 12.9. The summed E-state index contributed by atoms with van der Waals surface area (Å²) in [5.74, 6) is -0.744. The first kappa shape index (κ1) is 28.5. The average molecular weight is 586 g/mol. The second-order valence-corrected chi connectivity index (χ2v) is 10.1. The molecule has 0 N–H and O–H groups in total. The second-order valence-electron chi connectivity index (χ2n) is 9.05. The number of benzene rings is 4. The summed E-state index contributed by atoms with van der Waals surface area (Å²) >= 11 is 1.02. The number of rotatable bonds is 9. The lowest BCUT2D eigenvalue weighted by Gasteiger charge is -2.09. The molecule has 10 nitrogen and oxygen atoms in total. The van der Waals surface area contributed by atoms with E-state index in [0.717, 1.165) is 29.0 Å². The molecule has 0 aliphatic carbocycles. The van der Waals surface area contributed by atoms with Crippen molar-refractivity contribution in [1.29, 1.82) is 5.26 Å². The van der Waals surface area contributed by atoms with E-state index in [9.17, 15) is 30.3 Å². The van der Waals surface area contributed by atoms with Gasteiger partial charge in [-0.25, -0.2) is 9.97 Å². The quantitative estimate of drug-likeness (QED) is 0.0425. The normalized spacial score (nSPS) is 11.0. The third-order valence-corrected chi connectivity index (χ3v) is 7.15. The summed E-state index contributed by atoms with van der Waals surface area (Å²) in [7, 11) is 0. The van der Waals surface area contributed by atoms with Crippen molar-refractivity contribution < 1.29 is 14.6 Å². The van der Waals surface area contributed by atoms with Crippen LogP contribution in [-0.2, 0) is 0 Å². The fourth-order valence-corrected chi connectivity index (χ4v) is 5.03. The number of allylic oxidation sites excluding steroid dienone is 1. The SMILES string of the molecule is N#CC(=Cc1ccc(Sc2nc(-c3ccccc3)cc(-c3ccccc3)n2)c([N+](=O)[O-])c1)C(=O)c1cccc([N+](=O)[O-])c1. The number of nitrogens with zero attached hydrogens (tertiary/aromatic N) is 5. The molecule has 0 aliphatic rings. The maximum atomic E-state index is 12.9. The number of nitro benzene ring substituents is 2. The standard InChI is InChI=1S/C32H19N5O5S/c33-20-25(31(38)24-12-7-13-26(18-24)36(39)40)16-21-14-15-30(29(17-21)37(41)42)43-32-34-27(22-8-3-1-4-9-22)19-28(35-32)23-10-5-2-6-11-23/h1-19H. The number of nitro groups is 2. The monoisotopic (exact) mass is 585 g/mol. The minimum absolute atomic E-state index is 0.0478. The van der Waals surface area contributed by atoms with Gasteiger partial charge >= 0.3 is 0 Å². The first-order valence-corrected chi connectivity index (χ1v) is 13.5. The predicted molar refractivity (Wildman–Crippen MR) is 161 cm³/mol. The largest absolute Gasteiger partial charge is 0.288 e.